The first-order chi connectivity index (χ1) is 9.81. The molecule has 0 amide bonds. The molecule has 0 unspecified atom stereocenters. The molecule has 1 aliphatic carbocycles. The summed E-state index contributed by atoms with van der Waals surface area (Å²) in [6.07, 6.45) is 3.11. The number of nitrogen functional groups attached to an aromatic ring is 1. The number of benzene rings is 1. The first kappa shape index (κ1) is 13.0. The summed E-state index contributed by atoms with van der Waals surface area (Å²) >= 11 is 0. The van der Waals surface area contributed by atoms with Gasteiger partial charge in [0.15, 0.2) is 5.82 Å². The molecular weight excluding hydrogens is 252 g/mol. The molecule has 0 bridgehead atoms. The van der Waals surface area contributed by atoms with Crippen LogP contribution in [-0.2, 0) is 24.2 Å². The highest BCUT2D eigenvalue weighted by atomic mass is 16.5. The molecule has 2 aromatic rings. The zero-order valence-corrected chi connectivity index (χ0v) is 11.5. The van der Waals surface area contributed by atoms with E-state index in [0.29, 0.717) is 6.61 Å². The molecule has 0 atom stereocenters. The number of nitrogens with two attached hydrogens (primary N) is 1. The lowest BCUT2D eigenvalue weighted by Gasteiger charge is -2.10. The standard InChI is InChI=1S/C15H18N4O/c1-20-9-10-4-2-5-11(8-10)14-17-13-7-3-6-12(13)15(18-14)19-16/h2,4-5,8H,3,6-7,9,16H2,1H3,(H,17,18,19). The van der Waals surface area contributed by atoms with Gasteiger partial charge in [-0.2, -0.15) is 0 Å². The van der Waals surface area contributed by atoms with Crippen LogP contribution in [0.4, 0.5) is 5.82 Å². The van der Waals surface area contributed by atoms with Crippen LogP contribution in [0.5, 0.6) is 0 Å². The van der Waals surface area contributed by atoms with Crippen LogP contribution in [0.25, 0.3) is 11.4 Å². The molecule has 1 aromatic heterocycles. The predicted octanol–water partition coefficient (Wildman–Crippen LogP) is 2.06. The number of anilines is 1. The molecule has 5 heteroatoms. The molecule has 0 radical (unpaired) electrons. The zero-order valence-electron chi connectivity index (χ0n) is 11.5. The summed E-state index contributed by atoms with van der Waals surface area (Å²) in [7, 11) is 1.69. The van der Waals surface area contributed by atoms with E-state index in [1.54, 1.807) is 7.11 Å². The first-order valence-corrected chi connectivity index (χ1v) is 6.76. The predicted molar refractivity (Wildman–Crippen MR) is 78.0 cm³/mol. The largest absolute Gasteiger partial charge is 0.380 e. The average Bonchev–Trinajstić information content (AvgIpc) is 2.95. The minimum Gasteiger partial charge on any atom is -0.380 e. The molecule has 3 N–H and O–H groups in total. The van der Waals surface area contributed by atoms with E-state index in [4.69, 9.17) is 10.6 Å². The Morgan fingerprint density at radius 1 is 1.30 bits per heavy atom. The highest BCUT2D eigenvalue weighted by Crippen LogP contribution is 2.28. The van der Waals surface area contributed by atoms with Gasteiger partial charge in [0.1, 0.15) is 5.82 Å². The highest BCUT2D eigenvalue weighted by molar-refractivity contribution is 5.61. The van der Waals surface area contributed by atoms with E-state index in [1.165, 1.54) is 0 Å². The van der Waals surface area contributed by atoms with Crippen molar-refractivity contribution >= 4 is 5.82 Å². The molecule has 1 aromatic carbocycles. The second-order valence-electron chi connectivity index (χ2n) is 4.95. The van der Waals surface area contributed by atoms with Crippen molar-refractivity contribution in [3.8, 4) is 11.4 Å². The van der Waals surface area contributed by atoms with E-state index in [2.05, 4.69) is 21.5 Å². The lowest BCUT2D eigenvalue weighted by atomic mass is 10.1. The number of nitrogens with zero attached hydrogens (tertiary/aromatic N) is 2. The van der Waals surface area contributed by atoms with Crippen LogP contribution in [0.1, 0.15) is 23.2 Å². The van der Waals surface area contributed by atoms with Crippen molar-refractivity contribution < 1.29 is 4.74 Å². The van der Waals surface area contributed by atoms with Crippen molar-refractivity contribution in [1.29, 1.82) is 0 Å². The third-order valence-electron chi connectivity index (χ3n) is 3.57. The van der Waals surface area contributed by atoms with Crippen LogP contribution < -0.4 is 11.3 Å². The number of methoxy groups -OCH3 is 1. The molecule has 3 rings (SSSR count). The zero-order chi connectivity index (χ0) is 13.9. The minimum absolute atomic E-state index is 0.584. The van der Waals surface area contributed by atoms with Gasteiger partial charge in [-0.25, -0.2) is 15.8 Å². The average molecular weight is 270 g/mol. The maximum atomic E-state index is 5.59. The Labute approximate surface area is 118 Å². The van der Waals surface area contributed by atoms with Gasteiger partial charge in [-0.1, -0.05) is 18.2 Å². The fourth-order valence-electron chi connectivity index (χ4n) is 2.65. The summed E-state index contributed by atoms with van der Waals surface area (Å²) in [5.74, 6) is 7.06. The molecule has 0 spiro atoms. The van der Waals surface area contributed by atoms with Crippen molar-refractivity contribution in [2.24, 2.45) is 5.84 Å². The van der Waals surface area contributed by atoms with E-state index >= 15 is 0 Å². The van der Waals surface area contributed by atoms with Crippen LogP contribution in [0.2, 0.25) is 0 Å². The Kier molecular flexibility index (Phi) is 3.62. The summed E-state index contributed by atoms with van der Waals surface area (Å²) < 4.78 is 5.16. The molecule has 1 heterocycles. The van der Waals surface area contributed by atoms with Gasteiger partial charge >= 0.3 is 0 Å². The SMILES string of the molecule is COCc1cccc(-c2nc3c(c(NN)n2)CCC3)c1. The number of hydrogen-bond acceptors (Lipinski definition) is 5. The van der Waals surface area contributed by atoms with Crippen molar-refractivity contribution in [2.75, 3.05) is 12.5 Å². The quantitative estimate of drug-likeness (QED) is 0.657. The van der Waals surface area contributed by atoms with Crippen molar-refractivity contribution in [2.45, 2.75) is 25.9 Å². The van der Waals surface area contributed by atoms with Gasteiger partial charge in [0.2, 0.25) is 0 Å². The molecule has 20 heavy (non-hydrogen) atoms. The summed E-state index contributed by atoms with van der Waals surface area (Å²) in [5, 5.41) is 0. The number of fused-ring (bicyclic) bond motifs is 1. The fourth-order valence-corrected chi connectivity index (χ4v) is 2.65. The second kappa shape index (κ2) is 5.56. The second-order valence-corrected chi connectivity index (χ2v) is 4.95. The summed E-state index contributed by atoms with van der Waals surface area (Å²) in [6.45, 7) is 0.584. The Balaban J connectivity index is 2.04. The normalized spacial score (nSPS) is 13.3. The lowest BCUT2D eigenvalue weighted by Crippen LogP contribution is -2.12. The van der Waals surface area contributed by atoms with E-state index in [1.807, 2.05) is 18.2 Å². The Bertz CT molecular complexity index is 627. The fraction of sp³-hybridized carbons (Fsp3) is 0.333. The van der Waals surface area contributed by atoms with Gasteiger partial charge in [0.25, 0.3) is 0 Å². The van der Waals surface area contributed by atoms with Crippen molar-refractivity contribution in [1.82, 2.24) is 9.97 Å². The van der Waals surface area contributed by atoms with Gasteiger partial charge in [-0.3, -0.25) is 0 Å². The summed E-state index contributed by atoms with van der Waals surface area (Å²) in [4.78, 5) is 9.23. The summed E-state index contributed by atoms with van der Waals surface area (Å²) in [5.41, 5.74) is 7.07. The van der Waals surface area contributed by atoms with Gasteiger partial charge in [-0.15, -0.1) is 0 Å². The first-order valence-electron chi connectivity index (χ1n) is 6.76. The highest BCUT2D eigenvalue weighted by Gasteiger charge is 2.19. The van der Waals surface area contributed by atoms with Gasteiger partial charge in [0, 0.05) is 23.9 Å². The van der Waals surface area contributed by atoms with Crippen LogP contribution >= 0.6 is 0 Å². The van der Waals surface area contributed by atoms with E-state index in [9.17, 15) is 0 Å². The molecular formula is C15H18N4O. The maximum absolute atomic E-state index is 5.59. The van der Waals surface area contributed by atoms with Crippen LogP contribution in [0, 0.1) is 0 Å². The number of aromatic nitrogens is 2. The third kappa shape index (κ3) is 2.37. The number of ether oxygens (including phenoxy) is 1. The lowest BCUT2D eigenvalue weighted by molar-refractivity contribution is 0.185. The molecule has 0 aliphatic heterocycles. The number of nitrogens with one attached hydrogen (secondary N) is 1. The molecule has 0 fully saturated rings. The van der Waals surface area contributed by atoms with Crippen molar-refractivity contribution in [3.05, 3.63) is 41.1 Å². The van der Waals surface area contributed by atoms with E-state index < -0.39 is 0 Å². The molecule has 5 nitrogen and oxygen atoms in total. The monoisotopic (exact) mass is 270 g/mol. The van der Waals surface area contributed by atoms with Crippen LogP contribution in [0.3, 0.4) is 0 Å². The smallest absolute Gasteiger partial charge is 0.161 e. The molecule has 0 saturated carbocycles. The number of rotatable bonds is 4. The van der Waals surface area contributed by atoms with Gasteiger partial charge < -0.3 is 10.2 Å². The van der Waals surface area contributed by atoms with Gasteiger partial charge in [-0.05, 0) is 30.9 Å². The maximum Gasteiger partial charge on any atom is 0.161 e. The Morgan fingerprint density at radius 2 is 2.20 bits per heavy atom. The van der Waals surface area contributed by atoms with Gasteiger partial charge in [0.05, 0.1) is 6.61 Å². The van der Waals surface area contributed by atoms with E-state index in [0.717, 1.165) is 53.3 Å². The number of hydrogen-bond donors (Lipinski definition) is 2. The Hall–Kier alpha value is -1.98. The molecule has 104 valence electrons. The third-order valence-corrected chi connectivity index (χ3v) is 3.57. The molecule has 0 saturated heterocycles. The number of hydrazine groups is 1. The Morgan fingerprint density at radius 3 is 3.00 bits per heavy atom. The van der Waals surface area contributed by atoms with E-state index in [-0.39, 0.29) is 0 Å². The number of aryl methyl sites for hydroxylation is 1. The minimum atomic E-state index is 0.584. The van der Waals surface area contributed by atoms with Crippen LogP contribution in [-0.4, -0.2) is 17.1 Å². The van der Waals surface area contributed by atoms with Crippen LogP contribution in [0.15, 0.2) is 24.3 Å². The van der Waals surface area contributed by atoms with Crippen molar-refractivity contribution in [3.63, 3.8) is 0 Å². The summed E-state index contributed by atoms with van der Waals surface area (Å²) in [6, 6.07) is 8.09. The molecule has 1 aliphatic rings. The topological polar surface area (TPSA) is 73.1 Å².